The molecule has 19 heteroatoms. The first-order valence-corrected chi connectivity index (χ1v) is 22.0. The van der Waals surface area contributed by atoms with Crippen LogP contribution in [0.2, 0.25) is 0 Å². The third-order valence-corrected chi connectivity index (χ3v) is 10.7. The summed E-state index contributed by atoms with van der Waals surface area (Å²) in [6.45, 7) is 8.31. The number of hydrogen-bond donors (Lipinski definition) is 6. The van der Waals surface area contributed by atoms with E-state index in [1.165, 1.54) is 23.5 Å². The van der Waals surface area contributed by atoms with Crippen LogP contribution in [0.4, 0.5) is 0 Å². The molecule has 0 saturated carbocycles. The highest BCUT2D eigenvalue weighted by atomic mass is 32.2. The van der Waals surface area contributed by atoms with Crippen LogP contribution < -0.4 is 31.2 Å². The largest absolute Gasteiger partial charge is 0.497 e. The molecule has 7 N–H and O–H groups in total. The second kappa shape index (κ2) is 30.0. The zero-order valence-electron chi connectivity index (χ0n) is 36.6. The number of para-hydroxylation sites is 1. The van der Waals surface area contributed by atoms with Crippen molar-refractivity contribution in [3.8, 4) is 11.5 Å². The van der Waals surface area contributed by atoms with Gasteiger partial charge in [-0.3, -0.25) is 9.59 Å². The molecule has 61 heavy (non-hydrogen) atoms. The number of nitrogens with two attached hydrogens (primary N) is 1. The number of nitrogens with zero attached hydrogens (tertiary/aromatic N) is 3. The molecule has 0 bridgehead atoms. The van der Waals surface area contributed by atoms with Gasteiger partial charge in [-0.25, -0.2) is 9.59 Å². The third kappa shape index (κ3) is 19.5. The number of nitrogens with one attached hydrogen (secondary N) is 3. The zero-order valence-corrected chi connectivity index (χ0v) is 38.2. The lowest BCUT2D eigenvalue weighted by atomic mass is 9.99. The van der Waals surface area contributed by atoms with Gasteiger partial charge >= 0.3 is 17.9 Å². The second-order valence-electron chi connectivity index (χ2n) is 13.3. The van der Waals surface area contributed by atoms with E-state index < -0.39 is 34.7 Å². The van der Waals surface area contributed by atoms with E-state index in [2.05, 4.69) is 26.3 Å². The number of carboxylic acids is 1. The maximum atomic E-state index is 12.4. The summed E-state index contributed by atoms with van der Waals surface area (Å²) in [5.41, 5.74) is 8.58. The molecule has 1 heterocycles. The number of carbonyl (C=O) groups excluding carboxylic acids is 3. The predicted octanol–water partition coefficient (Wildman–Crippen LogP) is 4.94. The molecule has 0 aliphatic heterocycles. The van der Waals surface area contributed by atoms with Gasteiger partial charge in [0.25, 0.3) is 0 Å². The van der Waals surface area contributed by atoms with E-state index in [0.717, 1.165) is 40.3 Å². The molecule has 1 amide bonds. The molecule has 4 aromatic rings. The lowest BCUT2D eigenvalue weighted by molar-refractivity contribution is -0.146. The highest BCUT2D eigenvalue weighted by Crippen LogP contribution is 2.16. The van der Waals surface area contributed by atoms with Gasteiger partial charge in [-0.1, -0.05) is 81.8 Å². The Balaban J connectivity index is 0.000000440. The average Bonchev–Trinajstić information content (AvgIpc) is 3.67. The molecule has 338 valence electrons. The Morgan fingerprint density at radius 2 is 1.23 bits per heavy atom. The summed E-state index contributed by atoms with van der Waals surface area (Å²) in [6, 6.07) is 21.1. The van der Waals surface area contributed by atoms with Crippen LogP contribution in [0.15, 0.2) is 72.8 Å². The van der Waals surface area contributed by atoms with Crippen molar-refractivity contribution < 1.29 is 48.4 Å². The van der Waals surface area contributed by atoms with Crippen molar-refractivity contribution in [1.82, 2.24) is 31.1 Å². The van der Waals surface area contributed by atoms with E-state index in [9.17, 15) is 19.2 Å². The molecule has 0 aliphatic rings. The number of carbonyl (C=O) groups is 4. The summed E-state index contributed by atoms with van der Waals surface area (Å²) in [7, 11) is 6.61. The van der Waals surface area contributed by atoms with E-state index >= 15 is 0 Å². The monoisotopic (exact) mass is 889 g/mol. The van der Waals surface area contributed by atoms with Crippen LogP contribution in [0.5, 0.6) is 11.5 Å². The number of thioether (sulfide) groups is 2. The van der Waals surface area contributed by atoms with Crippen LogP contribution >= 0.6 is 23.5 Å². The van der Waals surface area contributed by atoms with Gasteiger partial charge in [0.05, 0.1) is 20.3 Å². The van der Waals surface area contributed by atoms with Crippen molar-refractivity contribution in [2.75, 3.05) is 40.8 Å². The molecule has 0 radical (unpaired) electrons. The van der Waals surface area contributed by atoms with Crippen LogP contribution in [-0.2, 0) is 41.9 Å². The van der Waals surface area contributed by atoms with Crippen LogP contribution in [0.3, 0.4) is 0 Å². The number of benzene rings is 3. The number of aliphatic carboxylic acids is 1. The Hall–Kier alpha value is -5.08. The van der Waals surface area contributed by atoms with Crippen molar-refractivity contribution in [1.29, 1.82) is 0 Å². The van der Waals surface area contributed by atoms with Gasteiger partial charge in [0.2, 0.25) is 5.91 Å². The fraction of sp³-hybridized carbons (Fsp3) is 0.476. The normalized spacial score (nSPS) is 13.4. The van der Waals surface area contributed by atoms with Crippen LogP contribution in [0, 0.1) is 11.8 Å². The maximum Gasteiger partial charge on any atom is 0.339 e. The van der Waals surface area contributed by atoms with E-state index in [1.807, 2.05) is 76.2 Å². The van der Waals surface area contributed by atoms with Gasteiger partial charge in [-0.05, 0) is 91.2 Å². The Morgan fingerprint density at radius 3 is 1.62 bits per heavy atom. The van der Waals surface area contributed by atoms with Crippen LogP contribution in [0.1, 0.15) is 51.7 Å². The van der Waals surface area contributed by atoms with E-state index in [1.54, 1.807) is 65.1 Å². The van der Waals surface area contributed by atoms with Gasteiger partial charge in [0.15, 0.2) is 5.37 Å². The number of carboxylic acid groups (broad SMARTS) is 1. The molecule has 0 spiro atoms. The van der Waals surface area contributed by atoms with E-state index in [0.29, 0.717) is 11.0 Å². The number of fused-ring (bicyclic) bond motifs is 1. The molecule has 3 aromatic carbocycles. The van der Waals surface area contributed by atoms with Crippen molar-refractivity contribution in [3.05, 3.63) is 83.9 Å². The summed E-state index contributed by atoms with van der Waals surface area (Å²) < 4.78 is 20.5. The first kappa shape index (κ1) is 53.9. The van der Waals surface area contributed by atoms with Crippen molar-refractivity contribution >= 4 is 58.4 Å². The van der Waals surface area contributed by atoms with Gasteiger partial charge in [0.1, 0.15) is 47.2 Å². The fourth-order valence-electron chi connectivity index (χ4n) is 5.09. The van der Waals surface area contributed by atoms with Crippen LogP contribution in [0.25, 0.3) is 11.0 Å². The van der Waals surface area contributed by atoms with Gasteiger partial charge < -0.3 is 50.9 Å². The quantitative estimate of drug-likeness (QED) is 0.0415. The second-order valence-corrected chi connectivity index (χ2v) is 15.2. The number of rotatable bonds is 19. The number of methoxy groups -OCH3 is 2. The Labute approximate surface area is 367 Å². The van der Waals surface area contributed by atoms with E-state index in [4.69, 9.17) is 35.0 Å². The Morgan fingerprint density at radius 1 is 0.754 bits per heavy atom. The highest BCUT2D eigenvalue weighted by Gasteiger charge is 2.28. The molecule has 0 saturated heterocycles. The summed E-state index contributed by atoms with van der Waals surface area (Å²) >= 11 is 2.50. The molecule has 4 rings (SSSR count). The Bertz CT molecular complexity index is 1870. The van der Waals surface area contributed by atoms with Crippen molar-refractivity contribution in [3.63, 3.8) is 0 Å². The van der Waals surface area contributed by atoms with Crippen LogP contribution in [-0.4, -0.2) is 113 Å². The highest BCUT2D eigenvalue weighted by molar-refractivity contribution is 8.00. The van der Waals surface area contributed by atoms with E-state index in [-0.39, 0.29) is 37.0 Å². The average molecular weight is 890 g/mol. The molecule has 0 fully saturated rings. The topological polar surface area (TPSA) is 238 Å². The summed E-state index contributed by atoms with van der Waals surface area (Å²) in [5, 5.41) is 31.8. The maximum absolute atomic E-state index is 12.4. The molecule has 17 nitrogen and oxygen atoms in total. The summed E-state index contributed by atoms with van der Waals surface area (Å²) in [6.07, 6.45) is 5.28. The lowest BCUT2D eigenvalue weighted by Gasteiger charge is -2.24. The molecule has 6 unspecified atom stereocenters. The molecular weight excluding hydrogens is 827 g/mol. The summed E-state index contributed by atoms with van der Waals surface area (Å²) in [5.74, 6) is 0.0575. The minimum atomic E-state index is -0.767. The number of aromatic nitrogens is 3. The molecule has 6 atom stereocenters. The van der Waals surface area contributed by atoms with Crippen molar-refractivity contribution in [2.45, 2.75) is 76.6 Å². The molecule has 0 aliphatic carbocycles. The minimum Gasteiger partial charge on any atom is -0.497 e. The SMILES string of the molecule is CCC(C)C(NC)C(=O)NC(SC)C(=O)OCc1ccc(OC)cc1.CCC(C)C(NC)C(=O)O.COc1ccc(COC(=O)C(N)SC)cc1.On1nnc2ccccc21. The van der Waals surface area contributed by atoms with Gasteiger partial charge in [0, 0.05) is 0 Å². The number of esters is 2. The number of amides is 1. The smallest absolute Gasteiger partial charge is 0.339 e. The molecular formula is C42H63N7O10S2. The minimum absolute atomic E-state index is 0.149. The summed E-state index contributed by atoms with van der Waals surface area (Å²) in [4.78, 5) is 47.1. The van der Waals surface area contributed by atoms with Gasteiger partial charge in [-0.15, -0.1) is 28.6 Å². The first-order chi connectivity index (χ1) is 29.1. The number of ether oxygens (including phenoxy) is 4. The standard InChI is InChI=1S/C18H28N2O4S.C11H15NO3S.C7H15NO2.C6H5N3O/c1-6-12(2)15(19-3)16(21)20-17(25-5)18(22)24-11-13-7-9-14(23-4)10-8-13;1-14-9-5-3-8(4-6-9)7-15-11(13)10(12)16-2;1-4-5(2)6(8-3)7(9)10;10-9-6-4-2-1-3-5(6)7-8-9/h7-10,12,15,17,19H,6,11H2,1-5H3,(H,20,21);3-6,10H,7,12H2,1-2H3;5-6,8H,4H2,1-3H3,(H,9,10);1-4,10H. The lowest BCUT2D eigenvalue weighted by Crippen LogP contribution is -2.51. The molecule has 1 aromatic heterocycles. The number of likely N-dealkylation sites (N-methyl/N-ethyl adjacent to an activating group) is 2. The first-order valence-electron chi connectivity index (χ1n) is 19.4. The third-order valence-electron chi connectivity index (χ3n) is 9.22. The van der Waals surface area contributed by atoms with Gasteiger partial charge in [-0.2, -0.15) is 0 Å². The number of hydrogen-bond acceptors (Lipinski definition) is 16. The Kier molecular flexibility index (Phi) is 26.6. The zero-order chi connectivity index (χ0) is 45.9. The fourth-order valence-corrected chi connectivity index (χ4v) is 5.85. The van der Waals surface area contributed by atoms with Crippen molar-refractivity contribution in [2.24, 2.45) is 17.6 Å². The predicted molar refractivity (Wildman–Crippen MR) is 239 cm³/mol.